The molecule has 1 saturated heterocycles. The molecule has 0 amide bonds. The molecule has 0 atom stereocenters. The second kappa shape index (κ2) is 9.41. The minimum Gasteiger partial charge on any atom is -0.379 e. The first kappa shape index (κ1) is 20.6. The van der Waals surface area contributed by atoms with Gasteiger partial charge in [-0.15, -0.1) is 0 Å². The minimum atomic E-state index is -2.22. The van der Waals surface area contributed by atoms with Crippen LogP contribution >= 0.6 is 15.9 Å². The van der Waals surface area contributed by atoms with Gasteiger partial charge in [-0.1, -0.05) is 0 Å². The predicted octanol–water partition coefficient (Wildman–Crippen LogP) is 1.94. The molecule has 3 rings (SSSR count). The molecule has 10 nitrogen and oxygen atoms in total. The van der Waals surface area contributed by atoms with Gasteiger partial charge in [-0.2, -0.15) is 0 Å². The zero-order valence-electron chi connectivity index (χ0n) is 14.6. The van der Waals surface area contributed by atoms with Gasteiger partial charge in [0.05, 0.1) is 51.2 Å². The largest absolute Gasteiger partial charge is 0.379 e. The Hall–Kier alpha value is -2.09. The first-order valence-corrected chi connectivity index (χ1v) is 10.9. The molecule has 152 valence electrons. The standard InChI is InChI=1S/C15H18BrFN6O4S/c16-11-9-10(1-2-12(11)17)20-15(21-24)13-14(23-27-22-13)18-3-4-19-28(25)7-5-26-6-8-28/h1-2,9,24H,3-8H2,(H,18,23)(H,20,21). The van der Waals surface area contributed by atoms with Crippen molar-refractivity contribution < 1.29 is 23.2 Å². The number of aromatic nitrogens is 2. The van der Waals surface area contributed by atoms with Crippen molar-refractivity contribution in [2.75, 3.05) is 43.1 Å². The number of amidine groups is 1. The van der Waals surface area contributed by atoms with Gasteiger partial charge in [0.25, 0.3) is 0 Å². The highest BCUT2D eigenvalue weighted by Gasteiger charge is 2.17. The highest BCUT2D eigenvalue weighted by molar-refractivity contribution is 9.10. The molecule has 0 aliphatic carbocycles. The third kappa shape index (κ3) is 5.25. The Kier molecular flexibility index (Phi) is 6.93. The molecular weight excluding hydrogens is 459 g/mol. The van der Waals surface area contributed by atoms with Crippen molar-refractivity contribution in [1.29, 1.82) is 0 Å². The summed E-state index contributed by atoms with van der Waals surface area (Å²) in [5, 5.41) is 19.8. The summed E-state index contributed by atoms with van der Waals surface area (Å²) in [5.74, 6) is 0.604. The Morgan fingerprint density at radius 3 is 2.86 bits per heavy atom. The summed E-state index contributed by atoms with van der Waals surface area (Å²) in [6, 6.07) is 4.11. The van der Waals surface area contributed by atoms with Crippen LogP contribution in [0.4, 0.5) is 15.9 Å². The maximum atomic E-state index is 13.3. The molecule has 13 heteroatoms. The lowest BCUT2D eigenvalue weighted by molar-refractivity contribution is 0.158. The van der Waals surface area contributed by atoms with Crippen molar-refractivity contribution in [3.8, 4) is 0 Å². The van der Waals surface area contributed by atoms with Crippen LogP contribution in [0.5, 0.6) is 0 Å². The quantitative estimate of drug-likeness (QED) is 0.249. The van der Waals surface area contributed by atoms with Gasteiger partial charge in [0.2, 0.25) is 5.82 Å². The van der Waals surface area contributed by atoms with E-state index in [9.17, 15) is 13.8 Å². The topological polar surface area (TPSA) is 134 Å². The van der Waals surface area contributed by atoms with Crippen LogP contribution in [0.1, 0.15) is 5.69 Å². The van der Waals surface area contributed by atoms with E-state index in [4.69, 9.17) is 9.37 Å². The number of anilines is 1. The molecule has 28 heavy (non-hydrogen) atoms. The van der Waals surface area contributed by atoms with E-state index in [2.05, 4.69) is 40.9 Å². The molecule has 0 unspecified atom stereocenters. The van der Waals surface area contributed by atoms with E-state index in [1.54, 1.807) is 0 Å². The van der Waals surface area contributed by atoms with Crippen LogP contribution in [0, 0.1) is 5.82 Å². The maximum absolute atomic E-state index is 13.3. The van der Waals surface area contributed by atoms with Gasteiger partial charge in [0.15, 0.2) is 11.5 Å². The molecule has 1 aromatic heterocycles. The highest BCUT2D eigenvalue weighted by atomic mass is 79.9. The van der Waals surface area contributed by atoms with E-state index >= 15 is 0 Å². The van der Waals surface area contributed by atoms with Crippen molar-refractivity contribution in [3.63, 3.8) is 0 Å². The van der Waals surface area contributed by atoms with Crippen molar-refractivity contribution in [2.45, 2.75) is 0 Å². The molecule has 0 spiro atoms. The van der Waals surface area contributed by atoms with Gasteiger partial charge in [0.1, 0.15) is 5.82 Å². The number of nitrogens with zero attached hydrogens (tertiary/aromatic N) is 4. The van der Waals surface area contributed by atoms with Crippen molar-refractivity contribution in [3.05, 3.63) is 34.2 Å². The average Bonchev–Trinajstić information content (AvgIpc) is 3.15. The smallest absolute Gasteiger partial charge is 0.202 e. The molecule has 2 heterocycles. The summed E-state index contributed by atoms with van der Waals surface area (Å²) >= 11 is 3.07. The molecule has 2 aromatic rings. The van der Waals surface area contributed by atoms with Crippen LogP contribution in [0.3, 0.4) is 0 Å². The van der Waals surface area contributed by atoms with Gasteiger partial charge in [-0.3, -0.25) is 10.7 Å². The highest BCUT2D eigenvalue weighted by Crippen LogP contribution is 2.23. The number of hydrogen-bond acceptors (Lipinski definition) is 9. The SMILES string of the molecule is O=S1(=NCCNc2nonc2C(=Nc2ccc(F)c(Br)c2)NO)CCOCC1. The molecule has 0 bridgehead atoms. The number of nitrogens with one attached hydrogen (secondary N) is 2. The van der Waals surface area contributed by atoms with E-state index in [-0.39, 0.29) is 21.8 Å². The maximum Gasteiger partial charge on any atom is 0.202 e. The molecule has 3 N–H and O–H groups in total. The molecule has 1 aromatic carbocycles. The number of halogens is 2. The van der Waals surface area contributed by atoms with Crippen molar-refractivity contribution in [1.82, 2.24) is 15.8 Å². The fourth-order valence-corrected chi connectivity index (χ4v) is 4.38. The fraction of sp³-hybridized carbons (Fsp3) is 0.400. The number of aliphatic imine (C=N–C) groups is 1. The van der Waals surface area contributed by atoms with E-state index in [1.807, 2.05) is 5.48 Å². The Balaban J connectivity index is 1.69. The first-order valence-electron chi connectivity index (χ1n) is 8.27. The second-order valence-corrected chi connectivity index (χ2v) is 9.18. The van der Waals surface area contributed by atoms with Crippen molar-refractivity contribution >= 4 is 43.0 Å². The van der Waals surface area contributed by atoms with Gasteiger partial charge >= 0.3 is 0 Å². The molecule has 1 aliphatic rings. The first-order chi connectivity index (χ1) is 13.5. The Bertz CT molecular complexity index is 963. The lowest BCUT2D eigenvalue weighted by Crippen LogP contribution is -2.26. The molecular formula is C15H18BrFN6O4S. The lowest BCUT2D eigenvalue weighted by atomic mass is 10.3. The van der Waals surface area contributed by atoms with E-state index in [0.29, 0.717) is 43.5 Å². The number of rotatable bonds is 6. The Morgan fingerprint density at radius 2 is 2.14 bits per heavy atom. The number of hydroxylamine groups is 1. The molecule has 1 fully saturated rings. The number of ether oxygens (including phenoxy) is 1. The third-order valence-electron chi connectivity index (χ3n) is 3.79. The van der Waals surface area contributed by atoms with Gasteiger partial charge in [-0.25, -0.2) is 22.6 Å². The van der Waals surface area contributed by atoms with Crippen molar-refractivity contribution in [2.24, 2.45) is 9.36 Å². The summed E-state index contributed by atoms with van der Waals surface area (Å²) in [6.45, 7) is 1.54. The zero-order valence-corrected chi connectivity index (χ0v) is 17.0. The normalized spacial score (nSPS) is 16.6. The van der Waals surface area contributed by atoms with Gasteiger partial charge in [-0.05, 0) is 44.4 Å². The predicted molar refractivity (Wildman–Crippen MR) is 104 cm³/mol. The number of benzene rings is 1. The van der Waals surface area contributed by atoms with Gasteiger partial charge < -0.3 is 10.1 Å². The van der Waals surface area contributed by atoms with Crippen LogP contribution < -0.4 is 10.8 Å². The Labute approximate surface area is 168 Å². The monoisotopic (exact) mass is 476 g/mol. The summed E-state index contributed by atoms with van der Waals surface area (Å²) < 4.78 is 40.2. The fourth-order valence-electron chi connectivity index (χ4n) is 2.37. The van der Waals surface area contributed by atoms with E-state index < -0.39 is 15.5 Å². The zero-order chi connectivity index (χ0) is 20.0. The van der Waals surface area contributed by atoms with Gasteiger partial charge in [0, 0.05) is 6.54 Å². The Morgan fingerprint density at radius 1 is 1.36 bits per heavy atom. The number of hydrogen-bond donors (Lipinski definition) is 3. The summed E-state index contributed by atoms with van der Waals surface area (Å²) in [4.78, 5) is 4.17. The second-order valence-electron chi connectivity index (χ2n) is 5.70. The van der Waals surface area contributed by atoms with Crippen LogP contribution in [0.2, 0.25) is 0 Å². The summed E-state index contributed by atoms with van der Waals surface area (Å²) in [7, 11) is -2.22. The van der Waals surface area contributed by atoms with Crippen LogP contribution in [0.15, 0.2) is 36.7 Å². The lowest BCUT2D eigenvalue weighted by Gasteiger charge is -2.16. The molecule has 0 radical (unpaired) electrons. The van der Waals surface area contributed by atoms with Crippen LogP contribution in [-0.4, -0.2) is 63.4 Å². The molecule has 1 aliphatic heterocycles. The van der Waals surface area contributed by atoms with E-state index in [1.165, 1.54) is 18.2 Å². The third-order valence-corrected chi connectivity index (χ3v) is 6.66. The average molecular weight is 477 g/mol. The van der Waals surface area contributed by atoms with Crippen LogP contribution in [-0.2, 0) is 14.5 Å². The summed E-state index contributed by atoms with van der Waals surface area (Å²) in [6.07, 6.45) is 0. The molecule has 0 saturated carbocycles. The minimum absolute atomic E-state index is 0.0467. The summed E-state index contributed by atoms with van der Waals surface area (Å²) in [5.41, 5.74) is 2.42. The van der Waals surface area contributed by atoms with E-state index in [0.717, 1.165) is 0 Å². The van der Waals surface area contributed by atoms with Crippen LogP contribution in [0.25, 0.3) is 0 Å².